The number of hydrogen-bond acceptors (Lipinski definition) is 5. The number of aromatic nitrogens is 1. The Labute approximate surface area is 173 Å². The van der Waals surface area contributed by atoms with Crippen molar-refractivity contribution >= 4 is 23.0 Å². The highest BCUT2D eigenvalue weighted by atomic mass is 32.1. The number of furan rings is 1. The summed E-state index contributed by atoms with van der Waals surface area (Å²) in [6, 6.07) is 15.8. The van der Waals surface area contributed by atoms with E-state index in [4.69, 9.17) is 16.6 Å². The second kappa shape index (κ2) is 7.63. The topological polar surface area (TPSA) is 84.4 Å². The van der Waals surface area contributed by atoms with Crippen LogP contribution in [0.3, 0.4) is 0 Å². The first kappa shape index (κ1) is 19.1. The van der Waals surface area contributed by atoms with Gasteiger partial charge in [0.2, 0.25) is 0 Å². The minimum absolute atomic E-state index is 0.0482. The molecule has 0 spiro atoms. The molecule has 3 aromatic rings. The molecule has 148 valence electrons. The van der Waals surface area contributed by atoms with Crippen LogP contribution in [0.15, 0.2) is 65.2 Å². The molecule has 2 aromatic heterocycles. The number of pyridine rings is 1. The van der Waals surface area contributed by atoms with E-state index < -0.39 is 4.92 Å². The highest BCUT2D eigenvalue weighted by Gasteiger charge is 2.42. The standard InChI is InChI=1S/C21H20N4O3S/c1-13(2)24-20(19(23-21(24)29)16-5-3-4-12-22-16)18-11-10-17(28-18)14-6-8-15(9-7-14)25(26)27/h3-13,19-20H,1-2H3,(H,23,29)/t19-,20-/m1/s1. The maximum Gasteiger partial charge on any atom is 0.269 e. The molecule has 0 unspecified atom stereocenters. The van der Waals surface area contributed by atoms with E-state index in [0.717, 1.165) is 17.0 Å². The maximum atomic E-state index is 10.9. The minimum Gasteiger partial charge on any atom is -0.459 e. The third-order valence-corrected chi connectivity index (χ3v) is 5.30. The number of rotatable bonds is 5. The number of thiocarbonyl (C=S) groups is 1. The fourth-order valence-electron chi connectivity index (χ4n) is 3.64. The highest BCUT2D eigenvalue weighted by molar-refractivity contribution is 7.80. The fraction of sp³-hybridized carbons (Fsp3) is 0.238. The molecule has 29 heavy (non-hydrogen) atoms. The van der Waals surface area contributed by atoms with E-state index >= 15 is 0 Å². The van der Waals surface area contributed by atoms with Gasteiger partial charge >= 0.3 is 0 Å². The van der Waals surface area contributed by atoms with Crippen LogP contribution >= 0.6 is 12.2 Å². The lowest BCUT2D eigenvalue weighted by Crippen LogP contribution is -2.35. The van der Waals surface area contributed by atoms with Crippen LogP contribution in [0, 0.1) is 10.1 Å². The molecular formula is C21H20N4O3S. The molecule has 0 saturated carbocycles. The Bertz CT molecular complexity index is 1030. The molecular weight excluding hydrogens is 388 g/mol. The van der Waals surface area contributed by atoms with E-state index in [2.05, 4.69) is 29.0 Å². The van der Waals surface area contributed by atoms with Gasteiger partial charge in [-0.3, -0.25) is 15.1 Å². The number of nitro groups is 1. The van der Waals surface area contributed by atoms with Gasteiger partial charge < -0.3 is 14.6 Å². The van der Waals surface area contributed by atoms with Gasteiger partial charge in [0.25, 0.3) is 5.69 Å². The van der Waals surface area contributed by atoms with E-state index in [1.165, 1.54) is 12.1 Å². The van der Waals surface area contributed by atoms with Crippen LogP contribution in [0.5, 0.6) is 0 Å². The first-order chi connectivity index (χ1) is 14.0. The number of benzene rings is 1. The molecule has 1 aromatic carbocycles. The van der Waals surface area contributed by atoms with Gasteiger partial charge in [-0.1, -0.05) is 6.07 Å². The second-order valence-electron chi connectivity index (χ2n) is 7.13. The van der Waals surface area contributed by atoms with Gasteiger partial charge in [-0.2, -0.15) is 0 Å². The van der Waals surface area contributed by atoms with E-state index in [1.807, 2.05) is 30.3 Å². The van der Waals surface area contributed by atoms with Crippen molar-refractivity contribution in [3.63, 3.8) is 0 Å². The van der Waals surface area contributed by atoms with Crippen molar-refractivity contribution < 1.29 is 9.34 Å². The first-order valence-corrected chi connectivity index (χ1v) is 9.71. The zero-order valence-electron chi connectivity index (χ0n) is 16.0. The molecule has 1 N–H and O–H groups in total. The molecule has 0 bridgehead atoms. The molecule has 0 aliphatic carbocycles. The van der Waals surface area contributed by atoms with Crippen LogP contribution < -0.4 is 5.32 Å². The first-order valence-electron chi connectivity index (χ1n) is 9.30. The number of non-ortho nitro benzene ring substituents is 1. The smallest absolute Gasteiger partial charge is 0.269 e. The molecule has 0 radical (unpaired) electrons. The van der Waals surface area contributed by atoms with Crippen LogP contribution in [0.25, 0.3) is 11.3 Å². The number of hydrogen-bond donors (Lipinski definition) is 1. The average Bonchev–Trinajstić information content (AvgIpc) is 3.33. The number of nitro benzene ring substituents is 1. The van der Waals surface area contributed by atoms with Crippen molar-refractivity contribution in [2.24, 2.45) is 0 Å². The Balaban J connectivity index is 1.70. The van der Waals surface area contributed by atoms with Gasteiger partial charge in [0, 0.05) is 29.9 Å². The molecule has 1 aliphatic heterocycles. The van der Waals surface area contributed by atoms with Gasteiger partial charge in [0.1, 0.15) is 17.6 Å². The SMILES string of the molecule is CC(C)N1C(=S)N[C@H](c2ccccn2)[C@H]1c1ccc(-c2ccc([N+](=O)[O-])cc2)o1. The van der Waals surface area contributed by atoms with E-state index in [0.29, 0.717) is 10.9 Å². The summed E-state index contributed by atoms with van der Waals surface area (Å²) in [7, 11) is 0. The van der Waals surface area contributed by atoms with E-state index in [9.17, 15) is 10.1 Å². The Morgan fingerprint density at radius 2 is 1.93 bits per heavy atom. The summed E-state index contributed by atoms with van der Waals surface area (Å²) >= 11 is 5.59. The Hall–Kier alpha value is -3.26. The third-order valence-electron chi connectivity index (χ3n) is 4.97. The van der Waals surface area contributed by atoms with Crippen molar-refractivity contribution in [1.29, 1.82) is 0 Å². The lowest BCUT2D eigenvalue weighted by molar-refractivity contribution is -0.384. The van der Waals surface area contributed by atoms with Crippen molar-refractivity contribution in [2.75, 3.05) is 0 Å². The number of nitrogens with zero attached hydrogens (tertiary/aromatic N) is 3. The van der Waals surface area contributed by atoms with Crippen LogP contribution in [0.4, 0.5) is 5.69 Å². The summed E-state index contributed by atoms with van der Waals surface area (Å²) in [6.07, 6.45) is 1.76. The molecule has 8 heteroatoms. The largest absolute Gasteiger partial charge is 0.459 e. The van der Waals surface area contributed by atoms with Crippen molar-refractivity contribution in [2.45, 2.75) is 32.0 Å². The summed E-state index contributed by atoms with van der Waals surface area (Å²) < 4.78 is 6.20. The monoisotopic (exact) mass is 408 g/mol. The van der Waals surface area contributed by atoms with Gasteiger partial charge in [-0.05, 0) is 62.5 Å². The maximum absolute atomic E-state index is 10.9. The molecule has 3 heterocycles. The molecule has 7 nitrogen and oxygen atoms in total. The summed E-state index contributed by atoms with van der Waals surface area (Å²) in [5.74, 6) is 1.41. The molecule has 2 atom stereocenters. The van der Waals surface area contributed by atoms with E-state index in [-0.39, 0.29) is 23.8 Å². The van der Waals surface area contributed by atoms with Crippen molar-refractivity contribution in [3.8, 4) is 11.3 Å². The fourth-order valence-corrected chi connectivity index (χ4v) is 4.09. The average molecular weight is 408 g/mol. The van der Waals surface area contributed by atoms with Crippen LogP contribution in [0.1, 0.15) is 37.4 Å². The lowest BCUT2D eigenvalue weighted by atomic mass is 10.0. The third kappa shape index (κ3) is 3.58. The van der Waals surface area contributed by atoms with E-state index in [1.54, 1.807) is 18.3 Å². The van der Waals surface area contributed by atoms with Crippen LogP contribution in [-0.4, -0.2) is 26.0 Å². The van der Waals surface area contributed by atoms with Gasteiger partial charge in [-0.15, -0.1) is 0 Å². The Morgan fingerprint density at radius 1 is 1.17 bits per heavy atom. The summed E-state index contributed by atoms with van der Waals surface area (Å²) in [5, 5.41) is 14.9. The van der Waals surface area contributed by atoms with Crippen LogP contribution in [-0.2, 0) is 0 Å². The Kier molecular flexibility index (Phi) is 5.02. The molecule has 1 aliphatic rings. The lowest BCUT2D eigenvalue weighted by Gasteiger charge is -2.29. The van der Waals surface area contributed by atoms with Gasteiger partial charge in [0.15, 0.2) is 5.11 Å². The molecule has 4 rings (SSSR count). The zero-order chi connectivity index (χ0) is 20.5. The summed E-state index contributed by atoms with van der Waals surface area (Å²) in [6.45, 7) is 4.17. The number of nitrogens with one attached hydrogen (secondary N) is 1. The molecule has 1 fully saturated rings. The quantitative estimate of drug-likeness (QED) is 0.374. The predicted octanol–water partition coefficient (Wildman–Crippen LogP) is 4.63. The Morgan fingerprint density at radius 3 is 2.55 bits per heavy atom. The van der Waals surface area contributed by atoms with Gasteiger partial charge in [0.05, 0.1) is 16.7 Å². The highest BCUT2D eigenvalue weighted by Crippen LogP contribution is 2.41. The zero-order valence-corrected chi connectivity index (χ0v) is 16.8. The minimum atomic E-state index is -0.416. The summed E-state index contributed by atoms with van der Waals surface area (Å²) in [4.78, 5) is 17.1. The predicted molar refractivity (Wildman–Crippen MR) is 113 cm³/mol. The normalized spacial score (nSPS) is 18.9. The summed E-state index contributed by atoms with van der Waals surface area (Å²) in [5.41, 5.74) is 1.71. The van der Waals surface area contributed by atoms with Crippen molar-refractivity contribution in [3.05, 3.63) is 82.4 Å². The van der Waals surface area contributed by atoms with Crippen molar-refractivity contribution in [1.82, 2.24) is 15.2 Å². The van der Waals surface area contributed by atoms with Gasteiger partial charge in [-0.25, -0.2) is 0 Å². The molecule has 0 amide bonds. The van der Waals surface area contributed by atoms with Crippen LogP contribution in [0.2, 0.25) is 0 Å². The molecule has 1 saturated heterocycles. The second-order valence-corrected chi connectivity index (χ2v) is 7.52.